The third-order valence-electron chi connectivity index (χ3n) is 2.96. The third-order valence-corrected chi connectivity index (χ3v) is 3.90. The maximum Gasteiger partial charge on any atom is 0.352 e. The molecule has 0 radical (unpaired) electrons. The zero-order chi connectivity index (χ0) is 16.7. The number of anilines is 1. The highest BCUT2D eigenvalue weighted by atomic mass is 32.1. The number of carbonyl (C=O) groups is 1. The van der Waals surface area contributed by atoms with Crippen molar-refractivity contribution in [1.29, 1.82) is 0 Å². The van der Waals surface area contributed by atoms with Crippen LogP contribution in [0.5, 0.6) is 0 Å². The monoisotopic (exact) mass is 327 g/mol. The Morgan fingerprint density at radius 2 is 2.26 bits per heavy atom. The number of benzene rings is 1. The molecule has 1 heterocycles. The molecule has 6 heteroatoms. The maximum atomic E-state index is 11.4. The number of fused-ring (bicyclic) bond motifs is 1. The minimum absolute atomic E-state index is 0.0000841. The lowest BCUT2D eigenvalue weighted by Crippen LogP contribution is -2.15. The summed E-state index contributed by atoms with van der Waals surface area (Å²) >= 11 is 1.42. The highest BCUT2D eigenvalue weighted by Gasteiger charge is 2.11. The minimum Gasteiger partial charge on any atom is -0.477 e. The molecular weight excluding hydrogens is 310 g/mol. The number of carboxylic acids is 1. The van der Waals surface area contributed by atoms with E-state index in [0.717, 1.165) is 15.8 Å². The number of allylic oxidation sites excluding steroid dienone is 5. The van der Waals surface area contributed by atoms with Crippen molar-refractivity contribution in [3.8, 4) is 0 Å². The quantitative estimate of drug-likeness (QED) is 0.453. The Morgan fingerprint density at radius 1 is 1.48 bits per heavy atom. The number of para-hydroxylation sites is 1. The van der Waals surface area contributed by atoms with E-state index in [1.54, 1.807) is 6.08 Å². The zero-order valence-electron chi connectivity index (χ0n) is 12.7. The summed E-state index contributed by atoms with van der Waals surface area (Å²) in [5.74, 6) is -1.08. The fourth-order valence-electron chi connectivity index (χ4n) is 1.81. The molecule has 0 amide bonds. The number of rotatable bonds is 7. The van der Waals surface area contributed by atoms with Crippen molar-refractivity contribution in [3.05, 3.63) is 60.7 Å². The molecule has 0 atom stereocenters. The van der Waals surface area contributed by atoms with E-state index in [0.29, 0.717) is 5.13 Å². The molecule has 23 heavy (non-hydrogen) atoms. The number of carboxylic acid groups (broad SMARTS) is 1. The Labute approximate surface area is 138 Å². The first kappa shape index (κ1) is 16.6. The van der Waals surface area contributed by atoms with E-state index in [2.05, 4.69) is 22.1 Å². The lowest BCUT2D eigenvalue weighted by Gasteiger charge is -2.02. The van der Waals surface area contributed by atoms with Gasteiger partial charge in [0.05, 0.1) is 10.2 Å². The smallest absolute Gasteiger partial charge is 0.352 e. The normalized spacial score (nSPS) is 12.7. The number of thiazole rings is 1. The standard InChI is InChI=1S/C17H17N3O2S/c1-3-5-8-12(4-2)11-14(16(21)22)19-20-17-18-13-9-6-7-10-15(13)23-17/h3-10H,2,11H2,1H3,(H,18,20)(H,21,22)/b5-3-,12-8+,19-14+. The van der Waals surface area contributed by atoms with E-state index in [1.165, 1.54) is 11.3 Å². The van der Waals surface area contributed by atoms with Crippen molar-refractivity contribution in [1.82, 2.24) is 4.98 Å². The van der Waals surface area contributed by atoms with Crippen molar-refractivity contribution < 1.29 is 9.90 Å². The molecule has 0 bridgehead atoms. The van der Waals surface area contributed by atoms with Gasteiger partial charge in [-0.15, -0.1) is 0 Å². The predicted molar refractivity (Wildman–Crippen MR) is 96.0 cm³/mol. The van der Waals surface area contributed by atoms with Crippen LogP contribution in [0.2, 0.25) is 0 Å². The highest BCUT2D eigenvalue weighted by molar-refractivity contribution is 7.22. The molecule has 1 aromatic carbocycles. The summed E-state index contributed by atoms with van der Waals surface area (Å²) in [7, 11) is 0. The first-order valence-electron chi connectivity index (χ1n) is 6.99. The number of nitrogens with zero attached hydrogens (tertiary/aromatic N) is 2. The summed E-state index contributed by atoms with van der Waals surface area (Å²) in [5.41, 5.74) is 4.36. The predicted octanol–water partition coefficient (Wildman–Crippen LogP) is 4.23. The molecule has 0 unspecified atom stereocenters. The van der Waals surface area contributed by atoms with Gasteiger partial charge in [0.25, 0.3) is 0 Å². The van der Waals surface area contributed by atoms with Crippen molar-refractivity contribution in [2.24, 2.45) is 5.10 Å². The van der Waals surface area contributed by atoms with Gasteiger partial charge in [0, 0.05) is 6.42 Å². The fraction of sp³-hybridized carbons (Fsp3) is 0.118. The van der Waals surface area contributed by atoms with Gasteiger partial charge in [-0.2, -0.15) is 5.10 Å². The second-order valence-electron chi connectivity index (χ2n) is 4.61. The van der Waals surface area contributed by atoms with Gasteiger partial charge in [-0.3, -0.25) is 5.43 Å². The average Bonchev–Trinajstić information content (AvgIpc) is 2.96. The van der Waals surface area contributed by atoms with E-state index in [-0.39, 0.29) is 12.1 Å². The Bertz CT molecular complexity index is 770. The van der Waals surface area contributed by atoms with Crippen LogP contribution in [0.4, 0.5) is 5.13 Å². The first-order valence-corrected chi connectivity index (χ1v) is 7.81. The van der Waals surface area contributed by atoms with E-state index in [9.17, 15) is 9.90 Å². The lowest BCUT2D eigenvalue weighted by atomic mass is 10.1. The maximum absolute atomic E-state index is 11.4. The summed E-state index contributed by atoms with van der Waals surface area (Å²) in [6.45, 7) is 5.58. The van der Waals surface area contributed by atoms with Crippen LogP contribution < -0.4 is 5.43 Å². The second kappa shape index (κ2) is 8.05. The highest BCUT2D eigenvalue weighted by Crippen LogP contribution is 2.25. The molecule has 0 saturated heterocycles. The number of hydrogen-bond donors (Lipinski definition) is 2. The van der Waals surface area contributed by atoms with Gasteiger partial charge in [0.15, 0.2) is 0 Å². The van der Waals surface area contributed by atoms with E-state index < -0.39 is 5.97 Å². The van der Waals surface area contributed by atoms with Crippen LogP contribution in [0, 0.1) is 0 Å². The number of hydrogen-bond acceptors (Lipinski definition) is 5. The van der Waals surface area contributed by atoms with Gasteiger partial charge in [-0.25, -0.2) is 9.78 Å². The molecule has 118 valence electrons. The van der Waals surface area contributed by atoms with Crippen molar-refractivity contribution in [2.75, 3.05) is 5.43 Å². The summed E-state index contributed by atoms with van der Waals surface area (Å²) in [4.78, 5) is 15.7. The Hall–Kier alpha value is -2.73. The number of aromatic nitrogens is 1. The van der Waals surface area contributed by atoms with Gasteiger partial charge >= 0.3 is 5.97 Å². The SMILES string of the molecule is C=C/C(=C\C=C/C)C/C(=N\Nc1nc2ccccc2s1)C(=O)O. The topological polar surface area (TPSA) is 74.6 Å². The zero-order valence-corrected chi connectivity index (χ0v) is 13.5. The van der Waals surface area contributed by atoms with Gasteiger partial charge in [0.2, 0.25) is 5.13 Å². The van der Waals surface area contributed by atoms with Crippen LogP contribution in [0.15, 0.2) is 65.8 Å². The van der Waals surface area contributed by atoms with Crippen LogP contribution in [-0.2, 0) is 4.79 Å². The van der Waals surface area contributed by atoms with Gasteiger partial charge in [-0.1, -0.05) is 54.4 Å². The fourth-order valence-corrected chi connectivity index (χ4v) is 2.62. The van der Waals surface area contributed by atoms with Crippen LogP contribution in [-0.4, -0.2) is 21.8 Å². The summed E-state index contributed by atoms with van der Waals surface area (Å²) in [5, 5.41) is 13.8. The van der Waals surface area contributed by atoms with E-state index in [4.69, 9.17) is 0 Å². The summed E-state index contributed by atoms with van der Waals surface area (Å²) in [6.07, 6.45) is 7.30. The molecule has 2 aromatic rings. The molecule has 5 nitrogen and oxygen atoms in total. The molecular formula is C17H17N3O2S. The number of aliphatic carboxylic acids is 1. The van der Waals surface area contributed by atoms with Gasteiger partial charge < -0.3 is 5.11 Å². The molecule has 1 aromatic heterocycles. The molecule has 2 N–H and O–H groups in total. The molecule has 2 rings (SSSR count). The Balaban J connectivity index is 2.18. The summed E-state index contributed by atoms with van der Waals surface area (Å²) in [6, 6.07) is 7.68. The average molecular weight is 327 g/mol. The summed E-state index contributed by atoms with van der Waals surface area (Å²) < 4.78 is 1.02. The lowest BCUT2D eigenvalue weighted by molar-refractivity contribution is -0.129. The van der Waals surface area contributed by atoms with Crippen molar-refractivity contribution >= 4 is 38.4 Å². The minimum atomic E-state index is -1.08. The Morgan fingerprint density at radius 3 is 2.91 bits per heavy atom. The molecule has 0 saturated carbocycles. The van der Waals surface area contributed by atoms with E-state index in [1.807, 2.05) is 49.4 Å². The second-order valence-corrected chi connectivity index (χ2v) is 5.64. The number of nitrogens with one attached hydrogen (secondary N) is 1. The molecule has 0 aliphatic rings. The molecule has 0 aliphatic carbocycles. The van der Waals surface area contributed by atoms with Crippen LogP contribution in [0.1, 0.15) is 13.3 Å². The molecule has 0 spiro atoms. The first-order chi connectivity index (χ1) is 11.1. The third kappa shape index (κ3) is 4.62. The van der Waals surface area contributed by atoms with E-state index >= 15 is 0 Å². The van der Waals surface area contributed by atoms with Crippen LogP contribution >= 0.6 is 11.3 Å². The molecule has 0 aliphatic heterocycles. The van der Waals surface area contributed by atoms with Crippen molar-refractivity contribution in [3.63, 3.8) is 0 Å². The van der Waals surface area contributed by atoms with Crippen LogP contribution in [0.3, 0.4) is 0 Å². The number of hydrazone groups is 1. The van der Waals surface area contributed by atoms with Crippen LogP contribution in [0.25, 0.3) is 10.2 Å². The molecule has 0 fully saturated rings. The van der Waals surface area contributed by atoms with Gasteiger partial charge in [0.1, 0.15) is 5.71 Å². The Kier molecular flexibility index (Phi) is 5.82. The van der Waals surface area contributed by atoms with Gasteiger partial charge in [-0.05, 0) is 24.6 Å². The largest absolute Gasteiger partial charge is 0.477 e. The van der Waals surface area contributed by atoms with Crippen molar-refractivity contribution in [2.45, 2.75) is 13.3 Å².